The lowest BCUT2D eigenvalue weighted by molar-refractivity contribution is -0.159. The van der Waals surface area contributed by atoms with Gasteiger partial charge in [-0.05, 0) is 141 Å². The molecule has 66 heavy (non-hydrogen) atoms. The average molecular weight is 914 g/mol. The van der Waals surface area contributed by atoms with Gasteiger partial charge in [-0.15, -0.1) is 0 Å². The second kappa shape index (κ2) is 19.7. The van der Waals surface area contributed by atoms with E-state index in [0.29, 0.717) is 49.2 Å². The summed E-state index contributed by atoms with van der Waals surface area (Å²) in [6, 6.07) is 21.2. The van der Waals surface area contributed by atoms with Crippen molar-refractivity contribution in [1.82, 2.24) is 15.1 Å². The molecule has 0 bridgehead atoms. The molecular weight excluding hydrogens is 827 g/mol. The molecule has 0 aromatic heterocycles. The molecule has 6 aliphatic rings. The normalized spacial score (nSPS) is 27.5. The highest BCUT2D eigenvalue weighted by molar-refractivity contribution is 5.90. The summed E-state index contributed by atoms with van der Waals surface area (Å²) < 4.78 is 16.5. The Hall–Kier alpha value is -3.76. The van der Waals surface area contributed by atoms with E-state index in [4.69, 9.17) is 14.2 Å². The molecule has 0 radical (unpaired) electrons. The molecule has 2 aromatic rings. The topological polar surface area (TPSA) is 114 Å². The molecule has 8 rings (SSSR count). The Morgan fingerprint density at radius 1 is 0.591 bits per heavy atom. The number of hydrogen-bond donors (Lipinski definition) is 1. The third kappa shape index (κ3) is 12.7. The Morgan fingerprint density at radius 3 is 1.42 bits per heavy atom. The summed E-state index contributed by atoms with van der Waals surface area (Å²) in [6.45, 7) is 35.3. The number of likely N-dealkylation sites (tertiary alicyclic amines) is 2. The molecule has 3 aliphatic carbocycles. The Labute approximate surface area is 399 Å². The highest BCUT2D eigenvalue weighted by Crippen LogP contribution is 2.67. The molecule has 3 aliphatic heterocycles. The molecule has 3 heterocycles. The lowest BCUT2D eigenvalue weighted by Crippen LogP contribution is -2.35. The molecule has 4 atom stereocenters. The van der Waals surface area contributed by atoms with Crippen LogP contribution < -0.4 is 5.32 Å². The fourth-order valence-electron chi connectivity index (χ4n) is 11.5. The molecule has 3 saturated heterocycles. The summed E-state index contributed by atoms with van der Waals surface area (Å²) in [7, 11) is 0. The largest absolute Gasteiger partial charge is 0.460 e. The smallest absolute Gasteiger partial charge is 0.306 e. The maximum atomic E-state index is 13.0. The number of ether oxygens (including phenoxy) is 3. The van der Waals surface area contributed by atoms with E-state index in [1.165, 1.54) is 31.2 Å². The van der Waals surface area contributed by atoms with Crippen LogP contribution in [0.5, 0.6) is 0 Å². The molecule has 3 spiro atoms. The van der Waals surface area contributed by atoms with E-state index in [9.17, 15) is 19.2 Å². The summed E-state index contributed by atoms with van der Waals surface area (Å²) in [4.78, 5) is 54.1. The molecule has 3 saturated carbocycles. The van der Waals surface area contributed by atoms with Crippen molar-refractivity contribution in [1.29, 1.82) is 0 Å². The van der Waals surface area contributed by atoms with Gasteiger partial charge in [-0.3, -0.25) is 24.1 Å². The van der Waals surface area contributed by atoms with Crippen LogP contribution in [-0.2, 0) is 46.5 Å². The number of carbonyl (C=O) groups is 4. The van der Waals surface area contributed by atoms with Crippen molar-refractivity contribution in [3.8, 4) is 0 Å². The highest BCUT2D eigenvalue weighted by Gasteiger charge is 2.68. The molecule has 2 aromatic carbocycles. The van der Waals surface area contributed by atoms with E-state index >= 15 is 0 Å². The van der Waals surface area contributed by atoms with Crippen LogP contribution >= 0.6 is 0 Å². The summed E-state index contributed by atoms with van der Waals surface area (Å²) in [5.74, 6) is -0.0990. The van der Waals surface area contributed by atoms with Gasteiger partial charge in [0.2, 0.25) is 5.91 Å². The quantitative estimate of drug-likeness (QED) is 0.184. The molecule has 368 valence electrons. The van der Waals surface area contributed by atoms with E-state index in [2.05, 4.69) is 68.2 Å². The lowest BCUT2D eigenvalue weighted by atomic mass is 9.72. The van der Waals surface area contributed by atoms with Gasteiger partial charge in [0, 0.05) is 50.7 Å². The van der Waals surface area contributed by atoms with Gasteiger partial charge in [0.1, 0.15) is 16.8 Å². The first-order chi connectivity index (χ1) is 30.6. The second-order valence-corrected chi connectivity index (χ2v) is 24.4. The SMILES string of the molecule is CC.CC(C)(C)OC(=O)CC1(C)CN(Cc2ccccc2)C(=O)C12CC2.CC(C)(C)OC(=O)CC1(C)CN(Cc2ccccc2)CC12CC2.CC1NCC(C)(CC(=O)OC(C)(C)C)C12CC2. The van der Waals surface area contributed by atoms with Crippen LogP contribution in [0.1, 0.15) is 173 Å². The van der Waals surface area contributed by atoms with E-state index in [1.807, 2.05) is 111 Å². The number of amides is 1. The van der Waals surface area contributed by atoms with Gasteiger partial charge < -0.3 is 24.4 Å². The summed E-state index contributed by atoms with van der Waals surface area (Å²) in [6.07, 6.45) is 8.15. The standard InChI is InChI=1S/C20H27NO3.C20H29NO2.C14H25NO2.C2H6/c1-18(2,3)24-16(22)12-19(4)14-21(17(23)20(19)10-11-20)13-15-8-6-5-7-9-15;1-18(2,3)23-17(22)12-19(4)14-21(15-20(19)10-11-20)13-16-8-6-5-7-9-16;1-10-14(6-7-14)13(5,9-15-10)8-11(16)17-12(2,3)4;1-2/h5-9H,10-14H2,1-4H3;5-9H,10-15H2,1-4H3;10,15H,6-9H2,1-5H3;1-2H3. The van der Waals surface area contributed by atoms with Gasteiger partial charge in [0.05, 0.1) is 24.7 Å². The van der Waals surface area contributed by atoms with Crippen molar-refractivity contribution in [3.05, 3.63) is 71.8 Å². The third-order valence-corrected chi connectivity index (χ3v) is 15.3. The van der Waals surface area contributed by atoms with Crippen molar-refractivity contribution in [2.24, 2.45) is 32.5 Å². The zero-order valence-corrected chi connectivity index (χ0v) is 43.7. The van der Waals surface area contributed by atoms with Crippen LogP contribution in [-0.4, -0.2) is 82.6 Å². The molecule has 4 unspecified atom stereocenters. The minimum atomic E-state index is -0.490. The van der Waals surface area contributed by atoms with Gasteiger partial charge in [-0.1, -0.05) is 95.3 Å². The van der Waals surface area contributed by atoms with Crippen molar-refractivity contribution in [2.45, 2.75) is 198 Å². The van der Waals surface area contributed by atoms with Gasteiger partial charge in [-0.25, -0.2) is 0 Å². The van der Waals surface area contributed by atoms with Gasteiger partial charge in [-0.2, -0.15) is 0 Å². The predicted octanol–water partition coefficient (Wildman–Crippen LogP) is 11.1. The van der Waals surface area contributed by atoms with E-state index in [1.54, 1.807) is 0 Å². The Kier molecular flexibility index (Phi) is 15.9. The van der Waals surface area contributed by atoms with Crippen molar-refractivity contribution in [2.75, 3.05) is 26.2 Å². The minimum Gasteiger partial charge on any atom is -0.460 e. The Balaban J connectivity index is 0.000000185. The number of nitrogens with zero attached hydrogens (tertiary/aromatic N) is 2. The molecule has 1 amide bonds. The molecule has 1 N–H and O–H groups in total. The zero-order valence-electron chi connectivity index (χ0n) is 43.7. The molecule has 6 fully saturated rings. The first-order valence-corrected chi connectivity index (χ1v) is 25.0. The van der Waals surface area contributed by atoms with Crippen LogP contribution in [0, 0.1) is 32.5 Å². The summed E-state index contributed by atoms with van der Waals surface area (Å²) in [5, 5.41) is 3.52. The fraction of sp³-hybridized carbons (Fsp3) is 0.714. The summed E-state index contributed by atoms with van der Waals surface area (Å²) in [5.41, 5.74) is 1.35. The van der Waals surface area contributed by atoms with E-state index in [-0.39, 0.29) is 51.1 Å². The maximum absolute atomic E-state index is 13.0. The van der Waals surface area contributed by atoms with Gasteiger partial charge >= 0.3 is 17.9 Å². The van der Waals surface area contributed by atoms with Crippen LogP contribution in [0.15, 0.2) is 60.7 Å². The van der Waals surface area contributed by atoms with E-state index < -0.39 is 11.2 Å². The van der Waals surface area contributed by atoms with Crippen LogP contribution in [0.4, 0.5) is 0 Å². The van der Waals surface area contributed by atoms with Gasteiger partial charge in [0.25, 0.3) is 0 Å². The van der Waals surface area contributed by atoms with Crippen molar-refractivity contribution >= 4 is 23.8 Å². The first kappa shape index (κ1) is 53.2. The van der Waals surface area contributed by atoms with Crippen LogP contribution in [0.25, 0.3) is 0 Å². The third-order valence-electron chi connectivity index (χ3n) is 15.3. The number of esters is 3. The number of carbonyl (C=O) groups excluding carboxylic acids is 4. The van der Waals surface area contributed by atoms with Gasteiger partial charge in [0.15, 0.2) is 0 Å². The maximum Gasteiger partial charge on any atom is 0.306 e. The Morgan fingerprint density at radius 2 is 1.02 bits per heavy atom. The molecule has 10 heteroatoms. The molecular formula is C56H87N3O7. The minimum absolute atomic E-state index is 0.0457. The zero-order chi connectivity index (χ0) is 49.2. The summed E-state index contributed by atoms with van der Waals surface area (Å²) >= 11 is 0. The van der Waals surface area contributed by atoms with Crippen LogP contribution in [0.3, 0.4) is 0 Å². The monoisotopic (exact) mass is 914 g/mol. The van der Waals surface area contributed by atoms with Crippen molar-refractivity contribution < 1.29 is 33.4 Å². The predicted molar refractivity (Wildman–Crippen MR) is 263 cm³/mol. The number of nitrogens with one attached hydrogen (secondary N) is 1. The number of hydrogen-bond acceptors (Lipinski definition) is 9. The fourth-order valence-corrected chi connectivity index (χ4v) is 11.5. The lowest BCUT2D eigenvalue weighted by Gasteiger charge is -2.32. The number of benzene rings is 2. The number of rotatable bonds is 10. The first-order valence-electron chi connectivity index (χ1n) is 25.0. The average Bonchev–Trinajstić information content (AvgIpc) is 4.08. The van der Waals surface area contributed by atoms with E-state index in [0.717, 1.165) is 44.6 Å². The Bertz CT molecular complexity index is 1990. The second-order valence-electron chi connectivity index (χ2n) is 24.4. The molecule has 10 nitrogen and oxygen atoms in total. The van der Waals surface area contributed by atoms with Crippen molar-refractivity contribution in [3.63, 3.8) is 0 Å². The van der Waals surface area contributed by atoms with Crippen LogP contribution in [0.2, 0.25) is 0 Å². The highest BCUT2D eigenvalue weighted by atomic mass is 16.6.